The number of ether oxygens (including phenoxy) is 1. The molecule has 0 atom stereocenters. The van der Waals surface area contributed by atoms with Gasteiger partial charge in [-0.05, 0) is 26.2 Å². The molecule has 2 heteroatoms. The van der Waals surface area contributed by atoms with Crippen LogP contribution in [-0.4, -0.2) is 19.0 Å². The van der Waals surface area contributed by atoms with Gasteiger partial charge in [0.25, 0.3) is 0 Å². The third-order valence-corrected chi connectivity index (χ3v) is 1.53. The van der Waals surface area contributed by atoms with Gasteiger partial charge in [0.15, 0.2) is 0 Å². The summed E-state index contributed by atoms with van der Waals surface area (Å²) in [7, 11) is 0. The van der Waals surface area contributed by atoms with Crippen molar-refractivity contribution in [2.24, 2.45) is 0 Å². The molecule has 12 heavy (non-hydrogen) atoms. The quantitative estimate of drug-likeness (QED) is 0.413. The average molecular weight is 170 g/mol. The van der Waals surface area contributed by atoms with Gasteiger partial charge in [0.1, 0.15) is 5.78 Å². The number of unbranched alkanes of at least 4 members (excludes halogenated alkanes) is 1. The van der Waals surface area contributed by atoms with Gasteiger partial charge in [-0.25, -0.2) is 0 Å². The molecule has 0 rings (SSSR count). The molecular weight excluding hydrogens is 152 g/mol. The van der Waals surface area contributed by atoms with E-state index in [-0.39, 0.29) is 5.78 Å². The van der Waals surface area contributed by atoms with Gasteiger partial charge >= 0.3 is 0 Å². The molecule has 0 aromatic heterocycles. The van der Waals surface area contributed by atoms with Crippen LogP contribution in [0.15, 0.2) is 12.7 Å². The third kappa shape index (κ3) is 9.37. The van der Waals surface area contributed by atoms with Crippen LogP contribution in [0.25, 0.3) is 0 Å². The highest BCUT2D eigenvalue weighted by Gasteiger charge is 1.93. The van der Waals surface area contributed by atoms with Crippen LogP contribution in [-0.2, 0) is 9.53 Å². The molecule has 0 aromatic carbocycles. The van der Waals surface area contributed by atoms with Crippen LogP contribution < -0.4 is 0 Å². The Morgan fingerprint density at radius 3 is 2.75 bits per heavy atom. The molecule has 0 bridgehead atoms. The second-order valence-electron chi connectivity index (χ2n) is 2.85. The summed E-state index contributed by atoms with van der Waals surface area (Å²) in [6.07, 6.45) is 5.37. The SMILES string of the molecule is C=CCCOCCCCC(C)=O. The Balaban J connectivity index is 2.90. The molecule has 0 fully saturated rings. The molecule has 70 valence electrons. The number of hydrogen-bond acceptors (Lipinski definition) is 2. The Labute approximate surface area is 74.6 Å². The van der Waals surface area contributed by atoms with Crippen LogP contribution in [0.4, 0.5) is 0 Å². The number of carbonyl (C=O) groups is 1. The fraction of sp³-hybridized carbons (Fsp3) is 0.700. The number of ketones is 1. The molecule has 0 amide bonds. The molecule has 0 aromatic rings. The van der Waals surface area contributed by atoms with Gasteiger partial charge in [-0.1, -0.05) is 6.08 Å². The minimum Gasteiger partial charge on any atom is -0.381 e. The molecule has 0 aliphatic rings. The molecule has 0 radical (unpaired) electrons. The molecule has 2 nitrogen and oxygen atoms in total. The lowest BCUT2D eigenvalue weighted by Gasteiger charge is -2.00. The van der Waals surface area contributed by atoms with Crippen molar-refractivity contribution in [3.8, 4) is 0 Å². The van der Waals surface area contributed by atoms with E-state index in [0.717, 1.165) is 32.5 Å². The van der Waals surface area contributed by atoms with Crippen LogP contribution >= 0.6 is 0 Å². The number of rotatable bonds is 8. The molecule has 0 aliphatic carbocycles. The lowest BCUT2D eigenvalue weighted by atomic mass is 10.2. The van der Waals surface area contributed by atoms with Crippen molar-refractivity contribution in [3.05, 3.63) is 12.7 Å². The molecule has 0 saturated heterocycles. The monoisotopic (exact) mass is 170 g/mol. The van der Waals surface area contributed by atoms with Gasteiger partial charge in [0.05, 0.1) is 0 Å². The fourth-order valence-corrected chi connectivity index (χ4v) is 0.847. The second-order valence-corrected chi connectivity index (χ2v) is 2.85. The zero-order valence-electron chi connectivity index (χ0n) is 7.84. The summed E-state index contributed by atoms with van der Waals surface area (Å²) < 4.78 is 5.27. The van der Waals surface area contributed by atoms with Crippen molar-refractivity contribution >= 4 is 5.78 Å². The first-order valence-corrected chi connectivity index (χ1v) is 4.45. The summed E-state index contributed by atoms with van der Waals surface area (Å²) in [5.41, 5.74) is 0. The van der Waals surface area contributed by atoms with E-state index < -0.39 is 0 Å². The predicted octanol–water partition coefficient (Wildman–Crippen LogP) is 2.34. The van der Waals surface area contributed by atoms with Crippen molar-refractivity contribution in [3.63, 3.8) is 0 Å². The van der Waals surface area contributed by atoms with Gasteiger partial charge in [-0.2, -0.15) is 0 Å². The van der Waals surface area contributed by atoms with Crippen molar-refractivity contribution in [1.29, 1.82) is 0 Å². The fourth-order valence-electron chi connectivity index (χ4n) is 0.847. The first kappa shape index (κ1) is 11.4. The van der Waals surface area contributed by atoms with E-state index >= 15 is 0 Å². The minimum atomic E-state index is 0.265. The van der Waals surface area contributed by atoms with E-state index in [9.17, 15) is 4.79 Å². The zero-order chi connectivity index (χ0) is 9.23. The van der Waals surface area contributed by atoms with E-state index in [2.05, 4.69) is 6.58 Å². The molecule has 0 N–H and O–H groups in total. The summed E-state index contributed by atoms with van der Waals surface area (Å²) in [6.45, 7) is 6.74. The normalized spacial score (nSPS) is 9.75. The zero-order valence-corrected chi connectivity index (χ0v) is 7.84. The highest BCUT2D eigenvalue weighted by molar-refractivity contribution is 5.75. The maximum atomic E-state index is 10.5. The molecular formula is C10H18O2. The lowest BCUT2D eigenvalue weighted by molar-refractivity contribution is -0.117. The van der Waals surface area contributed by atoms with Crippen LogP contribution in [0.3, 0.4) is 0 Å². The third-order valence-electron chi connectivity index (χ3n) is 1.53. The van der Waals surface area contributed by atoms with E-state index in [0.29, 0.717) is 6.42 Å². The van der Waals surface area contributed by atoms with Crippen molar-refractivity contribution < 1.29 is 9.53 Å². The number of carbonyl (C=O) groups excluding carboxylic acids is 1. The first-order chi connectivity index (χ1) is 5.77. The Bertz CT molecular complexity index is 130. The Morgan fingerprint density at radius 1 is 1.42 bits per heavy atom. The average Bonchev–Trinajstić information content (AvgIpc) is 2.02. The first-order valence-electron chi connectivity index (χ1n) is 4.45. The van der Waals surface area contributed by atoms with E-state index in [1.807, 2.05) is 6.08 Å². The standard InChI is InChI=1S/C10H18O2/c1-3-4-8-12-9-6-5-7-10(2)11/h3H,1,4-9H2,2H3. The van der Waals surface area contributed by atoms with Crippen molar-refractivity contribution in [2.45, 2.75) is 32.6 Å². The van der Waals surface area contributed by atoms with E-state index in [1.54, 1.807) is 6.92 Å². The summed E-state index contributed by atoms with van der Waals surface area (Å²) >= 11 is 0. The second kappa shape index (κ2) is 8.47. The van der Waals surface area contributed by atoms with Gasteiger partial charge in [-0.3, -0.25) is 0 Å². The Kier molecular flexibility index (Phi) is 8.02. The van der Waals surface area contributed by atoms with Gasteiger partial charge in [-0.15, -0.1) is 6.58 Å². The molecule has 0 unspecified atom stereocenters. The molecule has 0 spiro atoms. The molecule has 0 saturated carbocycles. The summed E-state index contributed by atoms with van der Waals surface area (Å²) in [5, 5.41) is 0. The Morgan fingerprint density at radius 2 is 2.17 bits per heavy atom. The van der Waals surface area contributed by atoms with Gasteiger partial charge in [0, 0.05) is 19.6 Å². The number of hydrogen-bond donors (Lipinski definition) is 0. The molecule has 0 aliphatic heterocycles. The van der Waals surface area contributed by atoms with Gasteiger partial charge in [0.2, 0.25) is 0 Å². The highest BCUT2D eigenvalue weighted by atomic mass is 16.5. The van der Waals surface area contributed by atoms with Crippen LogP contribution in [0, 0.1) is 0 Å². The lowest BCUT2D eigenvalue weighted by Crippen LogP contribution is -1.97. The topological polar surface area (TPSA) is 26.3 Å². The highest BCUT2D eigenvalue weighted by Crippen LogP contribution is 1.96. The maximum absolute atomic E-state index is 10.5. The van der Waals surface area contributed by atoms with Gasteiger partial charge < -0.3 is 9.53 Å². The summed E-state index contributed by atoms with van der Waals surface area (Å²) in [4.78, 5) is 10.5. The van der Waals surface area contributed by atoms with Crippen molar-refractivity contribution in [1.82, 2.24) is 0 Å². The minimum absolute atomic E-state index is 0.265. The summed E-state index contributed by atoms with van der Waals surface area (Å²) in [5.74, 6) is 0.265. The van der Waals surface area contributed by atoms with Crippen LogP contribution in [0.1, 0.15) is 32.6 Å². The molecule has 0 heterocycles. The smallest absolute Gasteiger partial charge is 0.129 e. The largest absolute Gasteiger partial charge is 0.381 e. The van der Waals surface area contributed by atoms with E-state index in [4.69, 9.17) is 4.74 Å². The number of Topliss-reactive ketones (excluding diaryl/α,β-unsaturated/α-hetero) is 1. The van der Waals surface area contributed by atoms with Crippen LogP contribution in [0.2, 0.25) is 0 Å². The predicted molar refractivity (Wildman–Crippen MR) is 50.2 cm³/mol. The van der Waals surface area contributed by atoms with Crippen molar-refractivity contribution in [2.75, 3.05) is 13.2 Å². The Hall–Kier alpha value is -0.630. The van der Waals surface area contributed by atoms with Crippen LogP contribution in [0.5, 0.6) is 0 Å². The summed E-state index contributed by atoms with van der Waals surface area (Å²) in [6, 6.07) is 0. The van der Waals surface area contributed by atoms with E-state index in [1.165, 1.54) is 0 Å². The maximum Gasteiger partial charge on any atom is 0.129 e.